The van der Waals surface area contributed by atoms with Crippen LogP contribution in [-0.2, 0) is 14.8 Å². The molecule has 2 unspecified atom stereocenters. The lowest BCUT2D eigenvalue weighted by Gasteiger charge is -2.20. The number of hydrogen-bond acceptors (Lipinski definition) is 4. The monoisotopic (exact) mass is 313 g/mol. The van der Waals surface area contributed by atoms with E-state index in [2.05, 4.69) is 10.0 Å². The van der Waals surface area contributed by atoms with Gasteiger partial charge in [-0.05, 0) is 25.0 Å². The molecule has 2 atom stereocenters. The first-order valence-corrected chi connectivity index (χ1v) is 8.76. The van der Waals surface area contributed by atoms with Gasteiger partial charge in [0.15, 0.2) is 0 Å². The molecule has 0 heterocycles. The highest BCUT2D eigenvalue weighted by molar-refractivity contribution is 7.92. The number of hydrogen-bond donors (Lipinski definition) is 3. The van der Waals surface area contributed by atoms with Gasteiger partial charge in [0.05, 0.1) is 24.0 Å². The maximum absolute atomic E-state index is 11.9. The Morgan fingerprint density at radius 1 is 1.33 bits per heavy atom. The van der Waals surface area contributed by atoms with E-state index in [1.807, 2.05) is 6.92 Å². The van der Waals surface area contributed by atoms with Crippen molar-refractivity contribution in [2.75, 3.05) is 11.0 Å². The Morgan fingerprint density at radius 3 is 2.52 bits per heavy atom. The zero-order chi connectivity index (χ0) is 16.0. The summed E-state index contributed by atoms with van der Waals surface area (Å²) in [6.07, 6.45) is 2.53. The quantitative estimate of drug-likeness (QED) is 0.707. The van der Waals surface area contributed by atoms with Gasteiger partial charge in [-0.25, -0.2) is 8.42 Å². The van der Waals surface area contributed by atoms with E-state index in [9.17, 15) is 13.2 Å². The molecular formula is C14H23N3O3S. The minimum absolute atomic E-state index is 0.237. The summed E-state index contributed by atoms with van der Waals surface area (Å²) >= 11 is 0. The van der Waals surface area contributed by atoms with Gasteiger partial charge in [0, 0.05) is 0 Å². The van der Waals surface area contributed by atoms with Crippen LogP contribution in [-0.4, -0.2) is 26.6 Å². The number of carbonyl (C=O) groups excluding carboxylic acids is 1. The van der Waals surface area contributed by atoms with Crippen molar-refractivity contribution >= 4 is 21.6 Å². The van der Waals surface area contributed by atoms with Gasteiger partial charge in [0.2, 0.25) is 15.9 Å². The summed E-state index contributed by atoms with van der Waals surface area (Å²) in [6, 6.07) is 6.05. The Kier molecular flexibility index (Phi) is 6.17. The zero-order valence-corrected chi connectivity index (χ0v) is 13.4. The smallest absolute Gasteiger partial charge is 0.237 e. The lowest BCUT2D eigenvalue weighted by molar-refractivity contribution is -0.123. The molecule has 1 rings (SSSR count). The largest absolute Gasteiger partial charge is 0.348 e. The summed E-state index contributed by atoms with van der Waals surface area (Å²) in [6.45, 7) is 3.75. The second kappa shape index (κ2) is 7.42. The van der Waals surface area contributed by atoms with Crippen molar-refractivity contribution in [2.24, 2.45) is 5.73 Å². The number of para-hydroxylation sites is 1. The van der Waals surface area contributed by atoms with Crippen LogP contribution >= 0.6 is 0 Å². The average Bonchev–Trinajstić information content (AvgIpc) is 2.37. The SMILES string of the molecule is CCCC(N)C(=O)NC(C)c1ccccc1NS(C)(=O)=O. The van der Waals surface area contributed by atoms with E-state index in [0.717, 1.165) is 12.7 Å². The van der Waals surface area contributed by atoms with Crippen molar-refractivity contribution in [1.29, 1.82) is 0 Å². The highest BCUT2D eigenvalue weighted by Gasteiger charge is 2.18. The summed E-state index contributed by atoms with van der Waals surface area (Å²) in [5.74, 6) is -0.237. The maximum atomic E-state index is 11.9. The van der Waals surface area contributed by atoms with E-state index in [-0.39, 0.29) is 11.9 Å². The van der Waals surface area contributed by atoms with E-state index in [4.69, 9.17) is 5.73 Å². The first kappa shape index (κ1) is 17.5. The van der Waals surface area contributed by atoms with Crippen LogP contribution in [0.1, 0.15) is 38.3 Å². The second-order valence-electron chi connectivity index (χ2n) is 5.09. The molecule has 0 fully saturated rings. The minimum Gasteiger partial charge on any atom is -0.348 e. The van der Waals surface area contributed by atoms with Gasteiger partial charge in [0.25, 0.3) is 0 Å². The first-order valence-electron chi connectivity index (χ1n) is 6.87. The van der Waals surface area contributed by atoms with Gasteiger partial charge in [0.1, 0.15) is 0 Å². The van der Waals surface area contributed by atoms with Gasteiger partial charge in [-0.15, -0.1) is 0 Å². The molecule has 0 radical (unpaired) electrons. The fraction of sp³-hybridized carbons (Fsp3) is 0.500. The molecule has 1 aromatic carbocycles. The van der Waals surface area contributed by atoms with Crippen molar-refractivity contribution in [3.05, 3.63) is 29.8 Å². The molecule has 4 N–H and O–H groups in total. The average molecular weight is 313 g/mol. The first-order chi connectivity index (χ1) is 9.74. The summed E-state index contributed by atoms with van der Waals surface area (Å²) in [5, 5.41) is 2.81. The molecule has 118 valence electrons. The Balaban J connectivity index is 2.87. The van der Waals surface area contributed by atoms with E-state index in [1.54, 1.807) is 31.2 Å². The Bertz CT molecular complexity index is 587. The van der Waals surface area contributed by atoms with Crippen LogP contribution in [0.3, 0.4) is 0 Å². The van der Waals surface area contributed by atoms with Crippen LogP contribution in [0.25, 0.3) is 0 Å². The number of carbonyl (C=O) groups is 1. The van der Waals surface area contributed by atoms with Crippen LogP contribution in [0.15, 0.2) is 24.3 Å². The van der Waals surface area contributed by atoms with Crippen molar-refractivity contribution in [3.8, 4) is 0 Å². The lowest BCUT2D eigenvalue weighted by atomic mass is 10.1. The number of rotatable bonds is 7. The normalized spacial score (nSPS) is 14.3. The van der Waals surface area contributed by atoms with Crippen LogP contribution in [0.5, 0.6) is 0 Å². The molecule has 0 saturated carbocycles. The molecule has 0 spiro atoms. The van der Waals surface area contributed by atoms with E-state index in [0.29, 0.717) is 17.7 Å². The molecule has 1 amide bonds. The third kappa shape index (κ3) is 5.73. The van der Waals surface area contributed by atoms with E-state index in [1.165, 1.54) is 0 Å². The molecule has 0 aliphatic rings. The number of nitrogens with two attached hydrogens (primary N) is 1. The van der Waals surface area contributed by atoms with E-state index >= 15 is 0 Å². The van der Waals surface area contributed by atoms with Crippen LogP contribution in [0.2, 0.25) is 0 Å². The molecule has 0 bridgehead atoms. The minimum atomic E-state index is -3.37. The molecule has 7 heteroatoms. The molecule has 21 heavy (non-hydrogen) atoms. The molecule has 0 saturated heterocycles. The third-order valence-electron chi connectivity index (χ3n) is 3.02. The molecular weight excluding hydrogens is 290 g/mol. The summed E-state index contributed by atoms with van der Waals surface area (Å²) in [5.41, 5.74) is 6.92. The predicted molar refractivity (Wildman–Crippen MR) is 84.3 cm³/mol. The molecule has 0 aliphatic heterocycles. The van der Waals surface area contributed by atoms with Gasteiger partial charge in [-0.1, -0.05) is 31.5 Å². The zero-order valence-electron chi connectivity index (χ0n) is 12.6. The summed E-state index contributed by atoms with van der Waals surface area (Å²) in [4.78, 5) is 11.9. The molecule has 0 aliphatic carbocycles. The highest BCUT2D eigenvalue weighted by Crippen LogP contribution is 2.23. The number of sulfonamides is 1. The van der Waals surface area contributed by atoms with E-state index < -0.39 is 16.1 Å². The predicted octanol–water partition coefficient (Wildman–Crippen LogP) is 1.36. The molecule has 6 nitrogen and oxygen atoms in total. The Labute approximate surface area is 126 Å². The number of anilines is 1. The highest BCUT2D eigenvalue weighted by atomic mass is 32.2. The van der Waals surface area contributed by atoms with Crippen LogP contribution in [0, 0.1) is 0 Å². The molecule has 0 aromatic heterocycles. The van der Waals surface area contributed by atoms with Crippen molar-refractivity contribution in [3.63, 3.8) is 0 Å². The standard InChI is InChI=1S/C14H23N3O3S/c1-4-7-12(15)14(18)16-10(2)11-8-5-6-9-13(11)17-21(3,19)20/h5-6,8-10,12,17H,4,7,15H2,1-3H3,(H,16,18). The molecule has 1 aromatic rings. The summed E-state index contributed by atoms with van der Waals surface area (Å²) < 4.78 is 25.2. The third-order valence-corrected chi connectivity index (χ3v) is 3.61. The van der Waals surface area contributed by atoms with Gasteiger partial charge in [-0.3, -0.25) is 9.52 Å². The summed E-state index contributed by atoms with van der Waals surface area (Å²) in [7, 11) is -3.37. The lowest BCUT2D eigenvalue weighted by Crippen LogP contribution is -2.41. The second-order valence-corrected chi connectivity index (χ2v) is 6.84. The number of nitrogens with one attached hydrogen (secondary N) is 2. The Morgan fingerprint density at radius 2 is 1.95 bits per heavy atom. The number of amides is 1. The maximum Gasteiger partial charge on any atom is 0.237 e. The topological polar surface area (TPSA) is 101 Å². The van der Waals surface area contributed by atoms with Gasteiger partial charge < -0.3 is 11.1 Å². The fourth-order valence-electron chi connectivity index (χ4n) is 2.01. The van der Waals surface area contributed by atoms with Crippen molar-refractivity contribution in [2.45, 2.75) is 38.8 Å². The van der Waals surface area contributed by atoms with Gasteiger partial charge in [-0.2, -0.15) is 0 Å². The van der Waals surface area contributed by atoms with Gasteiger partial charge >= 0.3 is 0 Å². The van der Waals surface area contributed by atoms with Crippen molar-refractivity contribution in [1.82, 2.24) is 5.32 Å². The number of benzene rings is 1. The fourth-order valence-corrected chi connectivity index (χ4v) is 2.59. The van der Waals surface area contributed by atoms with Crippen LogP contribution < -0.4 is 15.8 Å². The Hall–Kier alpha value is -1.60. The van der Waals surface area contributed by atoms with Crippen LogP contribution in [0.4, 0.5) is 5.69 Å². The van der Waals surface area contributed by atoms with Crippen molar-refractivity contribution < 1.29 is 13.2 Å².